The molecular weight excluding hydrogens is 376 g/mol. The van der Waals surface area contributed by atoms with Gasteiger partial charge in [0.25, 0.3) is 5.69 Å². The number of ether oxygens (including phenoxy) is 2. The molecule has 0 spiro atoms. The average Bonchev–Trinajstić information content (AvgIpc) is 3.38. The van der Waals surface area contributed by atoms with Crippen LogP contribution < -0.4 is 14.5 Å². The topological polar surface area (TPSA) is 119 Å². The quantitative estimate of drug-likeness (QED) is 0.537. The van der Waals surface area contributed by atoms with Crippen molar-refractivity contribution in [2.45, 2.75) is 19.4 Å². The number of nitro benzene ring substituents is 1. The molecule has 10 nitrogen and oxygen atoms in total. The fourth-order valence-corrected chi connectivity index (χ4v) is 3.56. The summed E-state index contributed by atoms with van der Waals surface area (Å²) < 4.78 is 11.1. The van der Waals surface area contributed by atoms with Crippen molar-refractivity contribution in [3.05, 3.63) is 69.5 Å². The lowest BCUT2D eigenvalue weighted by Gasteiger charge is -2.22. The lowest BCUT2D eigenvalue weighted by Crippen LogP contribution is -2.30. The van der Waals surface area contributed by atoms with Gasteiger partial charge in [-0.15, -0.1) is 0 Å². The zero-order chi connectivity index (χ0) is 20.0. The Morgan fingerprint density at radius 1 is 1.21 bits per heavy atom. The molecule has 2 aliphatic rings. The average molecular weight is 392 g/mol. The van der Waals surface area contributed by atoms with Gasteiger partial charge in [0.2, 0.25) is 12.7 Å². The Morgan fingerprint density at radius 3 is 2.66 bits per heavy atom. The smallest absolute Gasteiger partial charge is 0.269 e. The Kier molecular flexibility index (Phi) is 3.90. The van der Waals surface area contributed by atoms with Gasteiger partial charge in [-0.25, -0.2) is 10.1 Å². The van der Waals surface area contributed by atoms with E-state index in [2.05, 4.69) is 15.2 Å². The van der Waals surface area contributed by atoms with Crippen molar-refractivity contribution in [2.24, 2.45) is 5.10 Å². The van der Waals surface area contributed by atoms with Crippen molar-refractivity contribution < 1.29 is 14.4 Å². The molecule has 146 valence electrons. The van der Waals surface area contributed by atoms with Gasteiger partial charge in [0.1, 0.15) is 6.33 Å². The third-order valence-electron chi connectivity index (χ3n) is 4.96. The van der Waals surface area contributed by atoms with Crippen LogP contribution in [0.4, 0.5) is 11.6 Å². The minimum atomic E-state index is -0.423. The molecule has 2 aromatic carbocycles. The van der Waals surface area contributed by atoms with Crippen molar-refractivity contribution in [2.75, 3.05) is 11.8 Å². The van der Waals surface area contributed by atoms with Crippen molar-refractivity contribution in [1.29, 1.82) is 0 Å². The van der Waals surface area contributed by atoms with E-state index in [1.807, 2.05) is 19.1 Å². The Hall–Kier alpha value is -3.95. The molecule has 0 radical (unpaired) electrons. The standard InChI is InChI=1S/C19H16N6O4/c1-11-6-13-7-16-17(29-10-28-16)8-15(13)18(23-24(11)19-20-9-21-22-19)12-2-4-14(5-3-12)25(26)27/h2-5,7-9,11H,6,10H2,1H3,(H,20,21,22). The number of hydrogen-bond donors (Lipinski definition) is 1. The largest absolute Gasteiger partial charge is 0.454 e. The number of aromatic amines is 1. The molecule has 3 heterocycles. The third kappa shape index (κ3) is 2.94. The van der Waals surface area contributed by atoms with Gasteiger partial charge in [-0.1, -0.05) is 0 Å². The molecular formula is C19H16N6O4. The number of nitro groups is 1. The number of aromatic nitrogens is 3. The first-order chi connectivity index (χ1) is 14.1. The molecule has 1 N–H and O–H groups in total. The normalized spacial score (nSPS) is 17.5. The minimum absolute atomic E-state index is 0.0161. The maximum Gasteiger partial charge on any atom is 0.269 e. The molecule has 0 amide bonds. The van der Waals surface area contributed by atoms with E-state index in [0.717, 1.165) is 16.7 Å². The lowest BCUT2D eigenvalue weighted by atomic mass is 9.94. The summed E-state index contributed by atoms with van der Waals surface area (Å²) in [5.74, 6) is 1.87. The van der Waals surface area contributed by atoms with Crippen LogP contribution in [-0.2, 0) is 6.42 Å². The van der Waals surface area contributed by atoms with E-state index in [1.165, 1.54) is 18.5 Å². The summed E-state index contributed by atoms with van der Waals surface area (Å²) >= 11 is 0. The number of fused-ring (bicyclic) bond motifs is 2. The molecule has 0 bridgehead atoms. The highest BCUT2D eigenvalue weighted by Crippen LogP contribution is 2.38. The summed E-state index contributed by atoms with van der Waals surface area (Å²) in [6.07, 6.45) is 2.12. The minimum Gasteiger partial charge on any atom is -0.454 e. The first kappa shape index (κ1) is 17.2. The Bertz CT molecular complexity index is 1110. The Balaban J connectivity index is 1.69. The fourth-order valence-electron chi connectivity index (χ4n) is 3.56. The van der Waals surface area contributed by atoms with Gasteiger partial charge >= 0.3 is 0 Å². The van der Waals surface area contributed by atoms with Crippen molar-refractivity contribution in [1.82, 2.24) is 15.2 Å². The molecule has 0 fully saturated rings. The number of nitrogens with zero attached hydrogens (tertiary/aromatic N) is 5. The van der Waals surface area contributed by atoms with Gasteiger partial charge in [-0.2, -0.15) is 15.2 Å². The molecule has 1 unspecified atom stereocenters. The summed E-state index contributed by atoms with van der Waals surface area (Å²) in [6, 6.07) is 10.2. The van der Waals surface area contributed by atoms with Crippen LogP contribution in [0.25, 0.3) is 0 Å². The van der Waals surface area contributed by atoms with Crippen molar-refractivity contribution in [3.63, 3.8) is 0 Å². The van der Waals surface area contributed by atoms with Gasteiger partial charge in [-0.3, -0.25) is 10.1 Å². The highest BCUT2D eigenvalue weighted by atomic mass is 16.7. The summed E-state index contributed by atoms with van der Waals surface area (Å²) in [5, 5.41) is 24.5. The van der Waals surface area contributed by atoms with Crippen LogP contribution in [0.2, 0.25) is 0 Å². The Labute approximate surface area is 164 Å². The van der Waals surface area contributed by atoms with Gasteiger partial charge in [0.05, 0.1) is 16.7 Å². The number of H-pyrrole nitrogens is 1. The second kappa shape index (κ2) is 6.59. The molecule has 5 rings (SSSR count). The summed E-state index contributed by atoms with van der Waals surface area (Å²) in [4.78, 5) is 14.9. The number of hydrazone groups is 1. The lowest BCUT2D eigenvalue weighted by molar-refractivity contribution is -0.384. The molecule has 0 aliphatic carbocycles. The molecule has 1 aromatic heterocycles. The summed E-state index contributed by atoms with van der Waals surface area (Å²) in [6.45, 7) is 2.22. The van der Waals surface area contributed by atoms with Crippen LogP contribution in [0.15, 0.2) is 47.8 Å². The van der Waals surface area contributed by atoms with Gasteiger partial charge in [0.15, 0.2) is 11.5 Å². The third-order valence-corrected chi connectivity index (χ3v) is 4.96. The van der Waals surface area contributed by atoms with E-state index in [0.29, 0.717) is 29.6 Å². The van der Waals surface area contributed by atoms with E-state index in [-0.39, 0.29) is 18.5 Å². The first-order valence-corrected chi connectivity index (χ1v) is 9.01. The highest BCUT2D eigenvalue weighted by molar-refractivity contribution is 6.14. The second-order valence-corrected chi connectivity index (χ2v) is 6.82. The number of hydrogen-bond acceptors (Lipinski definition) is 8. The van der Waals surface area contributed by atoms with E-state index in [1.54, 1.807) is 17.1 Å². The molecule has 2 aliphatic heterocycles. The first-order valence-electron chi connectivity index (χ1n) is 9.01. The van der Waals surface area contributed by atoms with E-state index >= 15 is 0 Å². The summed E-state index contributed by atoms with van der Waals surface area (Å²) in [7, 11) is 0. The molecule has 0 saturated carbocycles. The van der Waals surface area contributed by atoms with Crippen LogP contribution in [0.1, 0.15) is 23.6 Å². The van der Waals surface area contributed by atoms with Crippen molar-refractivity contribution >= 4 is 17.3 Å². The zero-order valence-corrected chi connectivity index (χ0v) is 15.4. The molecule has 10 heteroatoms. The molecule has 1 atom stereocenters. The molecule has 3 aromatic rings. The SMILES string of the molecule is CC1Cc2cc3c(cc2C(c2ccc([N+](=O)[O-])cc2)=NN1c1ncn[nH]1)OCO3. The molecule has 0 saturated heterocycles. The number of rotatable bonds is 3. The fraction of sp³-hybridized carbons (Fsp3) is 0.211. The van der Waals surface area contributed by atoms with Gasteiger partial charge in [-0.05, 0) is 43.2 Å². The number of non-ortho nitro benzene ring substituents is 1. The number of nitrogens with one attached hydrogen (secondary N) is 1. The van der Waals surface area contributed by atoms with Crippen LogP contribution in [0.5, 0.6) is 11.5 Å². The number of anilines is 1. The van der Waals surface area contributed by atoms with E-state index in [9.17, 15) is 10.1 Å². The van der Waals surface area contributed by atoms with Crippen LogP contribution in [-0.4, -0.2) is 38.7 Å². The van der Waals surface area contributed by atoms with Crippen LogP contribution in [0, 0.1) is 10.1 Å². The highest BCUT2D eigenvalue weighted by Gasteiger charge is 2.28. The number of benzene rings is 2. The van der Waals surface area contributed by atoms with Crippen molar-refractivity contribution in [3.8, 4) is 11.5 Å². The van der Waals surface area contributed by atoms with Crippen LogP contribution >= 0.6 is 0 Å². The van der Waals surface area contributed by atoms with Gasteiger partial charge < -0.3 is 9.47 Å². The van der Waals surface area contributed by atoms with Gasteiger partial charge in [0, 0.05) is 23.3 Å². The predicted molar refractivity (Wildman–Crippen MR) is 103 cm³/mol. The van der Waals surface area contributed by atoms with Crippen LogP contribution in [0.3, 0.4) is 0 Å². The van der Waals surface area contributed by atoms with E-state index in [4.69, 9.17) is 14.6 Å². The monoisotopic (exact) mass is 392 g/mol. The van der Waals surface area contributed by atoms with E-state index < -0.39 is 4.92 Å². The maximum absolute atomic E-state index is 11.0. The Morgan fingerprint density at radius 2 is 1.97 bits per heavy atom. The summed E-state index contributed by atoms with van der Waals surface area (Å²) in [5.41, 5.74) is 3.36. The predicted octanol–water partition coefficient (Wildman–Crippen LogP) is 2.65. The zero-order valence-electron chi connectivity index (χ0n) is 15.4. The molecule has 29 heavy (non-hydrogen) atoms. The second-order valence-electron chi connectivity index (χ2n) is 6.82. The maximum atomic E-state index is 11.0.